The Balaban J connectivity index is 1.64. The highest BCUT2D eigenvalue weighted by molar-refractivity contribution is 5.73. The molecular weight excluding hydrogens is 415 g/mol. The minimum atomic E-state index is -4.55. The van der Waals surface area contributed by atoms with Crippen molar-refractivity contribution in [3.63, 3.8) is 0 Å². The second kappa shape index (κ2) is 7.34. The number of anilines is 1. The lowest BCUT2D eigenvalue weighted by Gasteiger charge is -2.27. The van der Waals surface area contributed by atoms with Gasteiger partial charge in [0.25, 0.3) is 5.78 Å². The van der Waals surface area contributed by atoms with E-state index in [0.29, 0.717) is 56.9 Å². The van der Waals surface area contributed by atoms with E-state index in [1.54, 1.807) is 10.6 Å². The van der Waals surface area contributed by atoms with Gasteiger partial charge < -0.3 is 19.5 Å². The maximum absolute atomic E-state index is 13.1. The summed E-state index contributed by atoms with van der Waals surface area (Å²) in [6.07, 6.45) is -4.55. The maximum Gasteiger partial charge on any atom is 0.416 e. The topological polar surface area (TPSA) is 85.0 Å². The Bertz CT molecular complexity index is 1110. The van der Waals surface area contributed by atoms with Gasteiger partial charge >= 0.3 is 6.18 Å². The van der Waals surface area contributed by atoms with Crippen molar-refractivity contribution in [3.8, 4) is 17.0 Å². The largest absolute Gasteiger partial charge is 0.507 e. The molecule has 4 heterocycles. The van der Waals surface area contributed by atoms with Gasteiger partial charge in [-0.05, 0) is 30.7 Å². The Hall–Kier alpha value is -2.92. The number of ether oxygens (including phenoxy) is 2. The van der Waals surface area contributed by atoms with E-state index in [0.717, 1.165) is 17.8 Å². The summed E-state index contributed by atoms with van der Waals surface area (Å²) in [7, 11) is 0. The van der Waals surface area contributed by atoms with E-state index >= 15 is 0 Å². The number of aryl methyl sites for hydroxylation is 1. The van der Waals surface area contributed by atoms with Crippen molar-refractivity contribution >= 4 is 11.7 Å². The molecule has 2 saturated heterocycles. The number of phenolic OH excluding ortho intramolecular Hbond substituents is 1. The van der Waals surface area contributed by atoms with Gasteiger partial charge in [-0.2, -0.15) is 22.7 Å². The smallest absolute Gasteiger partial charge is 0.416 e. The second-order valence-electron chi connectivity index (χ2n) is 7.71. The lowest BCUT2D eigenvalue weighted by Crippen LogP contribution is -2.37. The van der Waals surface area contributed by atoms with Crippen molar-refractivity contribution in [2.75, 3.05) is 44.4 Å². The van der Waals surface area contributed by atoms with E-state index < -0.39 is 17.5 Å². The summed E-state index contributed by atoms with van der Waals surface area (Å²) in [5.74, 6) is 0.413. The summed E-state index contributed by atoms with van der Waals surface area (Å²) in [5, 5.41) is 15.1. The third-order valence-electron chi connectivity index (χ3n) is 5.58. The van der Waals surface area contributed by atoms with E-state index in [-0.39, 0.29) is 17.0 Å². The first-order valence-corrected chi connectivity index (χ1v) is 9.90. The van der Waals surface area contributed by atoms with E-state index in [4.69, 9.17) is 9.47 Å². The van der Waals surface area contributed by atoms with E-state index in [1.807, 2.05) is 4.90 Å². The predicted molar refractivity (Wildman–Crippen MR) is 104 cm³/mol. The fourth-order valence-corrected chi connectivity index (χ4v) is 3.87. The highest BCUT2D eigenvalue weighted by atomic mass is 19.4. The van der Waals surface area contributed by atoms with E-state index in [9.17, 15) is 18.3 Å². The lowest BCUT2D eigenvalue weighted by atomic mass is 9.97. The van der Waals surface area contributed by atoms with Crippen LogP contribution in [0.2, 0.25) is 0 Å². The third-order valence-corrected chi connectivity index (χ3v) is 5.58. The van der Waals surface area contributed by atoms with Crippen molar-refractivity contribution in [3.05, 3.63) is 35.0 Å². The molecule has 0 radical (unpaired) electrons. The van der Waals surface area contributed by atoms with Gasteiger partial charge in [-0.1, -0.05) is 0 Å². The van der Waals surface area contributed by atoms with Crippen LogP contribution in [0.25, 0.3) is 17.0 Å². The fourth-order valence-electron chi connectivity index (χ4n) is 3.87. The molecular formula is C20H20F3N5O3. The van der Waals surface area contributed by atoms with Crippen molar-refractivity contribution in [2.45, 2.75) is 19.0 Å². The van der Waals surface area contributed by atoms with Gasteiger partial charge in [-0.3, -0.25) is 0 Å². The van der Waals surface area contributed by atoms with Crippen LogP contribution in [-0.4, -0.2) is 64.2 Å². The zero-order chi connectivity index (χ0) is 21.8. The summed E-state index contributed by atoms with van der Waals surface area (Å²) in [4.78, 5) is 11.1. The number of nitrogens with zero attached hydrogens (tertiary/aromatic N) is 5. The summed E-state index contributed by atoms with van der Waals surface area (Å²) in [6, 6.07) is 3.48. The Morgan fingerprint density at radius 1 is 1.06 bits per heavy atom. The minimum Gasteiger partial charge on any atom is -0.507 e. The van der Waals surface area contributed by atoms with Crippen LogP contribution in [0, 0.1) is 6.92 Å². The van der Waals surface area contributed by atoms with Crippen LogP contribution in [-0.2, 0) is 15.7 Å². The third kappa shape index (κ3) is 3.57. The van der Waals surface area contributed by atoms with Gasteiger partial charge in [0.15, 0.2) is 0 Å². The number of alkyl halides is 3. The normalized spacial score (nSPS) is 17.9. The van der Waals surface area contributed by atoms with Gasteiger partial charge in [-0.15, -0.1) is 5.10 Å². The molecule has 0 unspecified atom stereocenters. The highest BCUT2D eigenvalue weighted by Gasteiger charge is 2.33. The van der Waals surface area contributed by atoms with Crippen LogP contribution in [0.4, 0.5) is 19.1 Å². The molecule has 164 valence electrons. The van der Waals surface area contributed by atoms with Gasteiger partial charge in [0, 0.05) is 24.6 Å². The number of aromatic nitrogens is 4. The Morgan fingerprint density at radius 3 is 2.42 bits per heavy atom. The van der Waals surface area contributed by atoms with Crippen LogP contribution in [0.1, 0.15) is 22.7 Å². The van der Waals surface area contributed by atoms with Gasteiger partial charge in [-0.25, -0.2) is 4.98 Å². The second-order valence-corrected chi connectivity index (χ2v) is 7.71. The molecule has 2 fully saturated rings. The molecule has 3 aromatic rings. The minimum absolute atomic E-state index is 0.0559. The summed E-state index contributed by atoms with van der Waals surface area (Å²) < 4.78 is 51.7. The number of benzene rings is 1. The number of fused-ring (bicyclic) bond motifs is 1. The molecule has 2 aromatic heterocycles. The molecule has 2 aliphatic rings. The molecule has 0 spiro atoms. The Labute approximate surface area is 175 Å². The maximum atomic E-state index is 13.1. The number of halogens is 3. The van der Waals surface area contributed by atoms with Gasteiger partial charge in [0.1, 0.15) is 5.75 Å². The Morgan fingerprint density at radius 2 is 1.81 bits per heavy atom. The van der Waals surface area contributed by atoms with Crippen molar-refractivity contribution in [1.29, 1.82) is 0 Å². The molecule has 0 saturated carbocycles. The number of aromatic hydroxyl groups is 1. The number of morpholine rings is 1. The lowest BCUT2D eigenvalue weighted by molar-refractivity contribution is -0.137. The number of hydrogen-bond donors (Lipinski definition) is 1. The molecule has 0 bridgehead atoms. The van der Waals surface area contributed by atoms with Crippen molar-refractivity contribution in [1.82, 2.24) is 19.6 Å². The average Bonchev–Trinajstić information content (AvgIpc) is 3.10. The van der Waals surface area contributed by atoms with Crippen LogP contribution >= 0.6 is 0 Å². The molecule has 31 heavy (non-hydrogen) atoms. The van der Waals surface area contributed by atoms with Crippen molar-refractivity contribution in [2.24, 2.45) is 0 Å². The zero-order valence-electron chi connectivity index (χ0n) is 16.7. The molecule has 0 aliphatic carbocycles. The Kier molecular flexibility index (Phi) is 4.74. The first-order chi connectivity index (χ1) is 14.8. The number of hydrogen-bond acceptors (Lipinski definition) is 7. The van der Waals surface area contributed by atoms with E-state index in [1.165, 1.54) is 6.92 Å². The quantitative estimate of drug-likeness (QED) is 0.677. The standard InChI is InChI=1S/C20H20F3N5O3/c1-11-6-13(20(21,22)23)7-16(29)17(11)14-8-15(12-9-31-10-12)28-18(24-14)25-19(26-28)27-2-4-30-5-3-27/h6-8,12,29H,2-5,9-10H2,1H3. The average molecular weight is 435 g/mol. The zero-order valence-corrected chi connectivity index (χ0v) is 16.7. The summed E-state index contributed by atoms with van der Waals surface area (Å²) in [5.41, 5.74) is 0.744. The van der Waals surface area contributed by atoms with Crippen LogP contribution in [0.5, 0.6) is 5.75 Å². The molecule has 8 nitrogen and oxygen atoms in total. The molecule has 2 aliphatic heterocycles. The van der Waals surface area contributed by atoms with Gasteiger partial charge in [0.2, 0.25) is 5.95 Å². The molecule has 5 rings (SSSR count). The summed E-state index contributed by atoms with van der Waals surface area (Å²) in [6.45, 7) is 5.00. The van der Waals surface area contributed by atoms with Crippen LogP contribution in [0.15, 0.2) is 18.2 Å². The van der Waals surface area contributed by atoms with Gasteiger partial charge in [0.05, 0.1) is 43.4 Å². The van der Waals surface area contributed by atoms with E-state index in [2.05, 4.69) is 15.1 Å². The molecule has 1 N–H and O–H groups in total. The van der Waals surface area contributed by atoms with Crippen molar-refractivity contribution < 1.29 is 27.8 Å². The molecule has 11 heteroatoms. The molecule has 1 aromatic carbocycles. The number of phenols is 1. The SMILES string of the molecule is Cc1cc(C(F)(F)F)cc(O)c1-c1cc(C2COC2)n2nc(N3CCOCC3)nc2n1. The fraction of sp³-hybridized carbons (Fsp3) is 0.450. The van der Waals surface area contributed by atoms with Crippen LogP contribution in [0.3, 0.4) is 0 Å². The first kappa shape index (κ1) is 20.0. The molecule has 0 amide bonds. The monoisotopic (exact) mass is 435 g/mol. The predicted octanol–water partition coefficient (Wildman–Crippen LogP) is 2.77. The highest BCUT2D eigenvalue weighted by Crippen LogP contribution is 2.39. The number of rotatable bonds is 3. The summed E-state index contributed by atoms with van der Waals surface area (Å²) >= 11 is 0. The van der Waals surface area contributed by atoms with Crippen LogP contribution < -0.4 is 4.90 Å². The first-order valence-electron chi connectivity index (χ1n) is 9.90. The molecule has 0 atom stereocenters.